The van der Waals surface area contributed by atoms with E-state index < -0.39 is 28.5 Å². The van der Waals surface area contributed by atoms with Gasteiger partial charge in [0.15, 0.2) is 0 Å². The molecule has 2 amide bonds. The Hall–Kier alpha value is -3.36. The van der Waals surface area contributed by atoms with Crippen LogP contribution in [0.5, 0.6) is 0 Å². The molecule has 0 aliphatic rings. The van der Waals surface area contributed by atoms with Gasteiger partial charge in [0.1, 0.15) is 12.6 Å². The van der Waals surface area contributed by atoms with Crippen LogP contribution in [-0.4, -0.2) is 50.0 Å². The van der Waals surface area contributed by atoms with Crippen molar-refractivity contribution in [1.82, 2.24) is 10.2 Å². The monoisotopic (exact) mass is 569 g/mol. The number of anilines is 1. The van der Waals surface area contributed by atoms with Crippen LogP contribution < -0.4 is 9.62 Å². The summed E-state index contributed by atoms with van der Waals surface area (Å²) < 4.78 is 26.9. The number of hydrogen-bond donors (Lipinski definition) is 1. The Morgan fingerprint density at radius 1 is 0.923 bits per heavy atom. The van der Waals surface area contributed by atoms with E-state index in [1.807, 2.05) is 74.5 Å². The summed E-state index contributed by atoms with van der Waals surface area (Å²) in [7, 11) is -3.86. The summed E-state index contributed by atoms with van der Waals surface area (Å²) in [5.41, 5.74) is 2.58. The molecule has 7 nitrogen and oxygen atoms in total. The third kappa shape index (κ3) is 8.31. The molecular formula is C30H36ClN3O4S. The van der Waals surface area contributed by atoms with E-state index in [4.69, 9.17) is 11.6 Å². The van der Waals surface area contributed by atoms with Crippen LogP contribution in [0.3, 0.4) is 0 Å². The summed E-state index contributed by atoms with van der Waals surface area (Å²) in [5.74, 6) is -0.786. The highest BCUT2D eigenvalue weighted by atomic mass is 35.5. The van der Waals surface area contributed by atoms with E-state index >= 15 is 0 Å². The number of carbonyl (C=O) groups excluding carboxylic acids is 2. The number of rotatable bonds is 12. The molecule has 39 heavy (non-hydrogen) atoms. The van der Waals surface area contributed by atoms with Gasteiger partial charge in [-0.25, -0.2) is 8.42 Å². The first-order chi connectivity index (χ1) is 18.5. The number of halogens is 1. The molecule has 1 N–H and O–H groups in total. The predicted octanol–water partition coefficient (Wildman–Crippen LogP) is 4.97. The van der Waals surface area contributed by atoms with Crippen LogP contribution >= 0.6 is 11.6 Å². The molecule has 0 saturated carbocycles. The van der Waals surface area contributed by atoms with Crippen molar-refractivity contribution >= 4 is 39.1 Å². The summed E-state index contributed by atoms with van der Waals surface area (Å²) in [6.07, 6.45) is 2.06. The van der Waals surface area contributed by atoms with Crippen molar-refractivity contribution in [3.63, 3.8) is 0 Å². The number of benzene rings is 3. The van der Waals surface area contributed by atoms with Crippen molar-refractivity contribution in [2.24, 2.45) is 0 Å². The second-order valence-electron chi connectivity index (χ2n) is 9.68. The van der Waals surface area contributed by atoms with E-state index in [1.54, 1.807) is 25.1 Å². The first kappa shape index (κ1) is 30.2. The molecule has 0 spiro atoms. The first-order valence-electron chi connectivity index (χ1n) is 12.9. The summed E-state index contributed by atoms with van der Waals surface area (Å²) in [4.78, 5) is 29.2. The zero-order chi connectivity index (χ0) is 28.6. The molecule has 0 aliphatic carbocycles. The fourth-order valence-corrected chi connectivity index (χ4v) is 5.31. The lowest BCUT2D eigenvalue weighted by Gasteiger charge is -2.34. The van der Waals surface area contributed by atoms with Gasteiger partial charge in [-0.1, -0.05) is 85.3 Å². The molecule has 9 heteroatoms. The third-order valence-corrected chi connectivity index (χ3v) is 8.19. The van der Waals surface area contributed by atoms with Crippen LogP contribution in [0.25, 0.3) is 0 Å². The Morgan fingerprint density at radius 3 is 2.08 bits per heavy atom. The molecular weight excluding hydrogens is 534 g/mol. The van der Waals surface area contributed by atoms with E-state index in [2.05, 4.69) is 5.32 Å². The molecule has 0 radical (unpaired) electrons. The lowest BCUT2D eigenvalue weighted by molar-refractivity contribution is -0.140. The molecule has 0 unspecified atom stereocenters. The van der Waals surface area contributed by atoms with Gasteiger partial charge >= 0.3 is 0 Å². The van der Waals surface area contributed by atoms with Gasteiger partial charge in [-0.2, -0.15) is 0 Å². The third-order valence-electron chi connectivity index (χ3n) is 6.65. The Morgan fingerprint density at radius 2 is 1.51 bits per heavy atom. The molecule has 0 aliphatic heterocycles. The highest BCUT2D eigenvalue weighted by Gasteiger charge is 2.33. The minimum Gasteiger partial charge on any atom is -0.352 e. The highest BCUT2D eigenvalue weighted by Crippen LogP contribution is 2.28. The van der Waals surface area contributed by atoms with E-state index in [1.165, 1.54) is 4.90 Å². The highest BCUT2D eigenvalue weighted by molar-refractivity contribution is 7.92. The summed E-state index contributed by atoms with van der Waals surface area (Å²) in [6, 6.07) is 22.8. The number of nitrogens with zero attached hydrogens (tertiary/aromatic N) is 2. The second-order valence-corrected chi connectivity index (χ2v) is 12.0. The SMILES string of the molecule is CC[C@@H](C)NC(=O)[C@@H](Cc1ccccc1)N(Cc1ccccc1)C(=O)CN(c1cccc(Cl)c1C)S(C)(=O)=O. The maximum atomic E-state index is 14.1. The standard InChI is InChI=1S/C30H36ClN3O4S/c1-5-22(2)32-30(36)28(19-24-13-8-6-9-14-24)33(20-25-15-10-7-11-16-25)29(35)21-34(39(4,37)38)27-18-12-17-26(31)23(27)3/h6-18,22,28H,5,19-21H2,1-4H3,(H,32,36)/t22-,28-/m1/s1. The Balaban J connectivity index is 2.06. The summed E-state index contributed by atoms with van der Waals surface area (Å²) in [5, 5.41) is 3.41. The van der Waals surface area contributed by atoms with E-state index in [0.717, 1.165) is 28.1 Å². The summed E-state index contributed by atoms with van der Waals surface area (Å²) in [6.45, 7) is 5.25. The fraction of sp³-hybridized carbons (Fsp3) is 0.333. The lowest BCUT2D eigenvalue weighted by atomic mass is 10.0. The van der Waals surface area contributed by atoms with Gasteiger partial charge in [-0.05, 0) is 49.1 Å². The minimum absolute atomic E-state index is 0.0916. The molecule has 0 bridgehead atoms. The molecule has 3 aromatic rings. The molecule has 0 saturated heterocycles. The van der Waals surface area contributed by atoms with Gasteiger partial charge in [0.05, 0.1) is 11.9 Å². The van der Waals surface area contributed by atoms with Crippen molar-refractivity contribution in [3.05, 3.63) is 101 Å². The lowest BCUT2D eigenvalue weighted by Crippen LogP contribution is -2.54. The van der Waals surface area contributed by atoms with Gasteiger partial charge < -0.3 is 10.2 Å². The average molecular weight is 570 g/mol. The van der Waals surface area contributed by atoms with Gasteiger partial charge in [0.2, 0.25) is 21.8 Å². The zero-order valence-corrected chi connectivity index (χ0v) is 24.4. The average Bonchev–Trinajstić information content (AvgIpc) is 2.91. The topological polar surface area (TPSA) is 86.8 Å². The van der Waals surface area contributed by atoms with Crippen LogP contribution in [0.4, 0.5) is 5.69 Å². The van der Waals surface area contributed by atoms with E-state index in [-0.39, 0.29) is 24.9 Å². The van der Waals surface area contributed by atoms with Crippen LogP contribution in [0.15, 0.2) is 78.9 Å². The van der Waals surface area contributed by atoms with Crippen molar-refractivity contribution < 1.29 is 18.0 Å². The quantitative estimate of drug-likeness (QED) is 0.334. The Labute approximate surface area is 236 Å². The fourth-order valence-electron chi connectivity index (χ4n) is 4.24. The number of amides is 2. The van der Waals surface area contributed by atoms with Crippen molar-refractivity contribution in [1.29, 1.82) is 0 Å². The van der Waals surface area contributed by atoms with Gasteiger partial charge in [0, 0.05) is 24.0 Å². The van der Waals surface area contributed by atoms with Crippen molar-refractivity contribution in [3.8, 4) is 0 Å². The van der Waals surface area contributed by atoms with E-state index in [0.29, 0.717) is 16.3 Å². The molecule has 2 atom stereocenters. The number of sulfonamides is 1. The Bertz CT molecular complexity index is 1370. The van der Waals surface area contributed by atoms with Gasteiger partial charge in [0.25, 0.3) is 0 Å². The normalized spacial score (nSPS) is 12.8. The molecule has 0 fully saturated rings. The van der Waals surface area contributed by atoms with Crippen LogP contribution in [0.1, 0.15) is 37.0 Å². The molecule has 3 rings (SSSR count). The first-order valence-corrected chi connectivity index (χ1v) is 15.1. The second kappa shape index (κ2) is 13.6. The van der Waals surface area contributed by atoms with Crippen molar-refractivity contribution in [2.75, 3.05) is 17.1 Å². The smallest absolute Gasteiger partial charge is 0.244 e. The predicted molar refractivity (Wildman–Crippen MR) is 157 cm³/mol. The molecule has 0 heterocycles. The van der Waals surface area contributed by atoms with Gasteiger partial charge in [-0.3, -0.25) is 13.9 Å². The number of carbonyl (C=O) groups is 2. The largest absolute Gasteiger partial charge is 0.352 e. The molecule has 208 valence electrons. The van der Waals surface area contributed by atoms with Crippen LogP contribution in [0.2, 0.25) is 5.02 Å². The zero-order valence-electron chi connectivity index (χ0n) is 22.8. The Kier molecular flexibility index (Phi) is 10.5. The molecule has 3 aromatic carbocycles. The van der Waals surface area contributed by atoms with E-state index in [9.17, 15) is 18.0 Å². The van der Waals surface area contributed by atoms with Gasteiger partial charge in [-0.15, -0.1) is 0 Å². The summed E-state index contributed by atoms with van der Waals surface area (Å²) >= 11 is 6.29. The maximum Gasteiger partial charge on any atom is 0.244 e. The molecule has 0 aromatic heterocycles. The van der Waals surface area contributed by atoms with Crippen LogP contribution in [-0.2, 0) is 32.6 Å². The van der Waals surface area contributed by atoms with Crippen LogP contribution in [0, 0.1) is 6.92 Å². The number of hydrogen-bond acceptors (Lipinski definition) is 4. The number of nitrogens with one attached hydrogen (secondary N) is 1. The minimum atomic E-state index is -3.86. The van der Waals surface area contributed by atoms with Crippen molar-refractivity contribution in [2.45, 2.75) is 52.2 Å². The maximum absolute atomic E-state index is 14.1.